The van der Waals surface area contributed by atoms with Gasteiger partial charge in [-0.05, 0) is 25.0 Å². The van der Waals surface area contributed by atoms with Crippen molar-refractivity contribution in [3.8, 4) is 0 Å². The summed E-state index contributed by atoms with van der Waals surface area (Å²) in [5.74, 6) is -1.49. The molecule has 0 aliphatic carbocycles. The van der Waals surface area contributed by atoms with Crippen molar-refractivity contribution in [3.05, 3.63) is 34.3 Å². The Bertz CT molecular complexity index is 460. The minimum atomic E-state index is -1.03. The van der Waals surface area contributed by atoms with Crippen LogP contribution in [-0.2, 0) is 4.79 Å². The maximum atomic E-state index is 11.9. The summed E-state index contributed by atoms with van der Waals surface area (Å²) in [6.07, 6.45) is 1.07. The van der Waals surface area contributed by atoms with E-state index in [2.05, 4.69) is 5.32 Å². The van der Waals surface area contributed by atoms with E-state index >= 15 is 0 Å². The van der Waals surface area contributed by atoms with Crippen molar-refractivity contribution in [1.82, 2.24) is 5.32 Å². The molecule has 0 bridgehead atoms. The molecule has 0 unspecified atom stereocenters. The predicted octanol–water partition coefficient (Wildman–Crippen LogP) is 2.63. The highest BCUT2D eigenvalue weighted by Crippen LogP contribution is 2.20. The Labute approximate surface area is 111 Å². The second kappa shape index (κ2) is 6.40. The van der Waals surface area contributed by atoms with Crippen LogP contribution in [0.5, 0.6) is 0 Å². The van der Waals surface area contributed by atoms with E-state index in [1.54, 1.807) is 25.1 Å². The smallest absolute Gasteiger partial charge is 0.326 e. The van der Waals surface area contributed by atoms with Crippen LogP contribution >= 0.6 is 11.6 Å². The van der Waals surface area contributed by atoms with Crippen LogP contribution in [0.2, 0.25) is 5.02 Å². The van der Waals surface area contributed by atoms with E-state index in [1.807, 2.05) is 6.92 Å². The van der Waals surface area contributed by atoms with Gasteiger partial charge >= 0.3 is 5.97 Å². The van der Waals surface area contributed by atoms with Crippen LogP contribution in [0.3, 0.4) is 0 Å². The van der Waals surface area contributed by atoms with Gasteiger partial charge in [-0.2, -0.15) is 0 Å². The van der Waals surface area contributed by atoms with E-state index in [0.717, 1.165) is 5.56 Å². The number of carboxylic acid groups (broad SMARTS) is 1. The van der Waals surface area contributed by atoms with Crippen LogP contribution in [0.1, 0.15) is 35.7 Å². The third-order valence-corrected chi connectivity index (χ3v) is 3.12. The first-order valence-electron chi connectivity index (χ1n) is 5.76. The Balaban J connectivity index is 2.87. The zero-order valence-corrected chi connectivity index (χ0v) is 11.1. The molecule has 0 aliphatic rings. The minimum absolute atomic E-state index is 0.305. The first-order valence-corrected chi connectivity index (χ1v) is 6.14. The van der Waals surface area contributed by atoms with Gasteiger partial charge in [0.05, 0.1) is 10.6 Å². The normalized spacial score (nSPS) is 11.9. The fourth-order valence-corrected chi connectivity index (χ4v) is 1.82. The molecule has 0 saturated heterocycles. The number of hydrogen-bond acceptors (Lipinski definition) is 2. The average molecular weight is 270 g/mol. The second-order valence-electron chi connectivity index (χ2n) is 4.09. The van der Waals surface area contributed by atoms with Crippen molar-refractivity contribution in [2.75, 3.05) is 0 Å². The summed E-state index contributed by atoms with van der Waals surface area (Å²) >= 11 is 6.02. The Morgan fingerprint density at radius 3 is 2.67 bits per heavy atom. The number of carbonyl (C=O) groups is 2. The molecule has 0 heterocycles. The molecule has 1 aromatic carbocycles. The van der Waals surface area contributed by atoms with Crippen LogP contribution < -0.4 is 5.32 Å². The molecule has 0 spiro atoms. The van der Waals surface area contributed by atoms with Gasteiger partial charge in [0.2, 0.25) is 0 Å². The molecule has 18 heavy (non-hydrogen) atoms. The summed E-state index contributed by atoms with van der Waals surface area (Å²) in [6, 6.07) is 4.21. The molecule has 0 aliphatic heterocycles. The number of carbonyl (C=O) groups excluding carboxylic acids is 1. The van der Waals surface area contributed by atoms with Crippen LogP contribution in [-0.4, -0.2) is 23.0 Å². The van der Waals surface area contributed by atoms with Gasteiger partial charge in [0.1, 0.15) is 6.04 Å². The lowest BCUT2D eigenvalue weighted by Gasteiger charge is -2.14. The number of halogens is 1. The van der Waals surface area contributed by atoms with Gasteiger partial charge in [0.25, 0.3) is 5.91 Å². The number of aryl methyl sites for hydroxylation is 1. The van der Waals surface area contributed by atoms with Crippen LogP contribution in [0, 0.1) is 6.92 Å². The highest BCUT2D eigenvalue weighted by atomic mass is 35.5. The summed E-state index contributed by atoms with van der Waals surface area (Å²) in [7, 11) is 0. The number of nitrogens with one attached hydrogen (secondary N) is 1. The van der Waals surface area contributed by atoms with Gasteiger partial charge in [-0.15, -0.1) is 0 Å². The summed E-state index contributed by atoms with van der Waals surface area (Å²) in [6.45, 7) is 3.65. The second-order valence-corrected chi connectivity index (χ2v) is 4.47. The number of benzene rings is 1. The highest BCUT2D eigenvalue weighted by Gasteiger charge is 2.21. The average Bonchev–Trinajstić information content (AvgIpc) is 2.31. The zero-order valence-electron chi connectivity index (χ0n) is 10.4. The third kappa shape index (κ3) is 3.47. The summed E-state index contributed by atoms with van der Waals surface area (Å²) < 4.78 is 0. The largest absolute Gasteiger partial charge is 0.480 e. The fraction of sp³-hybridized carbons (Fsp3) is 0.385. The van der Waals surface area contributed by atoms with Crippen molar-refractivity contribution >= 4 is 23.5 Å². The zero-order chi connectivity index (χ0) is 13.7. The Morgan fingerprint density at radius 1 is 1.44 bits per heavy atom. The van der Waals surface area contributed by atoms with Crippen molar-refractivity contribution in [1.29, 1.82) is 0 Å². The molecule has 0 radical (unpaired) electrons. The molecular weight excluding hydrogens is 254 g/mol. The van der Waals surface area contributed by atoms with Gasteiger partial charge < -0.3 is 10.4 Å². The maximum absolute atomic E-state index is 11.9. The van der Waals surface area contributed by atoms with Gasteiger partial charge in [0, 0.05) is 0 Å². The summed E-state index contributed by atoms with van der Waals surface area (Å²) in [5.41, 5.74) is 1.09. The van der Waals surface area contributed by atoms with E-state index < -0.39 is 17.9 Å². The van der Waals surface area contributed by atoms with E-state index in [-0.39, 0.29) is 0 Å². The van der Waals surface area contributed by atoms with Crippen LogP contribution in [0.4, 0.5) is 0 Å². The number of hydrogen-bond donors (Lipinski definition) is 2. The van der Waals surface area contributed by atoms with Crippen molar-refractivity contribution < 1.29 is 14.7 Å². The Morgan fingerprint density at radius 2 is 2.11 bits per heavy atom. The van der Waals surface area contributed by atoms with Gasteiger partial charge in [0.15, 0.2) is 0 Å². The number of aliphatic carboxylic acids is 1. The molecule has 5 heteroatoms. The van der Waals surface area contributed by atoms with Gasteiger partial charge in [-0.3, -0.25) is 4.79 Å². The minimum Gasteiger partial charge on any atom is -0.480 e. The molecular formula is C13H16ClNO3. The van der Waals surface area contributed by atoms with Crippen molar-refractivity contribution in [3.63, 3.8) is 0 Å². The molecule has 1 amide bonds. The summed E-state index contributed by atoms with van der Waals surface area (Å²) in [5, 5.41) is 11.8. The number of amides is 1. The molecule has 4 nitrogen and oxygen atoms in total. The number of carboxylic acids is 1. The molecule has 1 atom stereocenters. The SMILES string of the molecule is CCC[C@H](NC(=O)c1cccc(C)c1Cl)C(=O)O. The summed E-state index contributed by atoms with van der Waals surface area (Å²) in [4.78, 5) is 22.9. The maximum Gasteiger partial charge on any atom is 0.326 e. The van der Waals surface area contributed by atoms with Crippen molar-refractivity contribution in [2.24, 2.45) is 0 Å². The quantitative estimate of drug-likeness (QED) is 0.863. The highest BCUT2D eigenvalue weighted by molar-refractivity contribution is 6.34. The van der Waals surface area contributed by atoms with E-state index in [1.165, 1.54) is 0 Å². The van der Waals surface area contributed by atoms with Gasteiger partial charge in [-0.25, -0.2) is 4.79 Å². The molecule has 0 aromatic heterocycles. The van der Waals surface area contributed by atoms with Crippen LogP contribution in [0.25, 0.3) is 0 Å². The lowest BCUT2D eigenvalue weighted by molar-refractivity contribution is -0.139. The third-order valence-electron chi connectivity index (χ3n) is 2.62. The fourth-order valence-electron chi connectivity index (χ4n) is 1.60. The lowest BCUT2D eigenvalue weighted by Crippen LogP contribution is -2.40. The monoisotopic (exact) mass is 269 g/mol. The number of rotatable bonds is 5. The van der Waals surface area contributed by atoms with Crippen molar-refractivity contribution in [2.45, 2.75) is 32.7 Å². The van der Waals surface area contributed by atoms with Crippen LogP contribution in [0.15, 0.2) is 18.2 Å². The standard InChI is InChI=1S/C13H16ClNO3/c1-3-5-10(13(17)18)15-12(16)9-7-4-6-8(2)11(9)14/h4,6-7,10H,3,5H2,1-2H3,(H,15,16)(H,17,18)/t10-/m0/s1. The molecule has 0 saturated carbocycles. The van der Waals surface area contributed by atoms with E-state index in [9.17, 15) is 9.59 Å². The van der Waals surface area contributed by atoms with E-state index in [4.69, 9.17) is 16.7 Å². The molecule has 0 fully saturated rings. The Kier molecular flexibility index (Phi) is 5.16. The lowest BCUT2D eigenvalue weighted by atomic mass is 10.1. The molecule has 1 rings (SSSR count). The topological polar surface area (TPSA) is 66.4 Å². The Hall–Kier alpha value is -1.55. The first-order chi connectivity index (χ1) is 8.47. The molecule has 1 aromatic rings. The predicted molar refractivity (Wildman–Crippen MR) is 70.0 cm³/mol. The van der Waals surface area contributed by atoms with Gasteiger partial charge in [-0.1, -0.05) is 37.1 Å². The first kappa shape index (κ1) is 14.5. The molecule has 2 N–H and O–H groups in total. The van der Waals surface area contributed by atoms with E-state index in [0.29, 0.717) is 23.4 Å². The molecule has 98 valence electrons.